The third-order valence-electron chi connectivity index (χ3n) is 5.08. The summed E-state index contributed by atoms with van der Waals surface area (Å²) >= 11 is 0. The Labute approximate surface area is 175 Å². The number of hydrazine groups is 1. The molecule has 0 spiro atoms. The Bertz CT molecular complexity index is 1150. The number of rotatable bonds is 7. The van der Waals surface area contributed by atoms with E-state index in [0.29, 0.717) is 11.1 Å². The lowest BCUT2D eigenvalue weighted by atomic mass is 9.94. The van der Waals surface area contributed by atoms with Gasteiger partial charge in [0.2, 0.25) is 0 Å². The van der Waals surface area contributed by atoms with E-state index < -0.39 is 0 Å². The molecule has 0 aliphatic carbocycles. The van der Waals surface area contributed by atoms with Crippen LogP contribution in [0.5, 0.6) is 0 Å². The lowest BCUT2D eigenvalue weighted by Crippen LogP contribution is -2.40. The summed E-state index contributed by atoms with van der Waals surface area (Å²) in [4.78, 5) is 25.5. The Hall–Kier alpha value is -3.76. The minimum Gasteiger partial charge on any atom is -0.294 e. The number of hydrogen-bond donors (Lipinski definition) is 2. The first kappa shape index (κ1) is 19.6. The summed E-state index contributed by atoms with van der Waals surface area (Å²) in [7, 11) is 0. The van der Waals surface area contributed by atoms with E-state index in [1.165, 1.54) is 0 Å². The number of fused-ring (bicyclic) bond motifs is 1. The maximum Gasteiger partial charge on any atom is 0.265 e. The fraction of sp³-hybridized carbons (Fsp3) is 0.0769. The minimum atomic E-state index is -0.378. The first-order chi connectivity index (χ1) is 14.7. The number of hydrogen-bond acceptors (Lipinski definition) is 3. The van der Waals surface area contributed by atoms with E-state index in [1.807, 2.05) is 91.0 Å². The summed E-state index contributed by atoms with van der Waals surface area (Å²) < 4.78 is 0. The number of amides is 1. The number of nitrogens with one attached hydrogen (secondary N) is 2. The molecule has 4 aromatic carbocycles. The molecule has 0 saturated carbocycles. The van der Waals surface area contributed by atoms with Gasteiger partial charge in [0.05, 0.1) is 6.04 Å². The largest absolute Gasteiger partial charge is 0.294 e. The van der Waals surface area contributed by atoms with Crippen molar-refractivity contribution in [3.63, 3.8) is 0 Å². The highest BCUT2D eigenvalue weighted by Gasteiger charge is 2.20. The Balaban J connectivity index is 1.62. The van der Waals surface area contributed by atoms with Crippen molar-refractivity contribution in [1.29, 1.82) is 0 Å². The molecule has 2 N–H and O–H groups in total. The monoisotopic (exact) mass is 394 g/mol. The van der Waals surface area contributed by atoms with Gasteiger partial charge in [-0.25, -0.2) is 5.43 Å². The first-order valence-corrected chi connectivity index (χ1v) is 9.89. The molecule has 0 fully saturated rings. The van der Waals surface area contributed by atoms with E-state index >= 15 is 0 Å². The Morgan fingerprint density at radius 2 is 1.27 bits per heavy atom. The van der Waals surface area contributed by atoms with Gasteiger partial charge in [-0.2, -0.15) is 0 Å². The molecule has 4 aromatic rings. The van der Waals surface area contributed by atoms with Crippen LogP contribution in [0.1, 0.15) is 38.7 Å². The van der Waals surface area contributed by atoms with Crippen molar-refractivity contribution < 1.29 is 9.59 Å². The van der Waals surface area contributed by atoms with Crippen LogP contribution in [-0.2, 0) is 0 Å². The van der Waals surface area contributed by atoms with Crippen LogP contribution in [0.4, 0.5) is 0 Å². The van der Waals surface area contributed by atoms with Crippen LogP contribution in [0.15, 0.2) is 103 Å². The molecular weight excluding hydrogens is 372 g/mol. The van der Waals surface area contributed by atoms with Gasteiger partial charge in [0.1, 0.15) is 0 Å². The van der Waals surface area contributed by atoms with Crippen molar-refractivity contribution >= 4 is 22.5 Å². The second-order valence-electron chi connectivity index (χ2n) is 7.08. The third kappa shape index (κ3) is 4.45. The van der Waals surface area contributed by atoms with Gasteiger partial charge in [0, 0.05) is 17.5 Å². The minimum absolute atomic E-state index is 0.00925. The van der Waals surface area contributed by atoms with Gasteiger partial charge in [0.25, 0.3) is 5.91 Å². The van der Waals surface area contributed by atoms with E-state index in [2.05, 4.69) is 10.9 Å². The maximum absolute atomic E-state index is 12.9. The molecule has 4 nitrogen and oxygen atoms in total. The van der Waals surface area contributed by atoms with Gasteiger partial charge < -0.3 is 0 Å². The molecule has 4 heteroatoms. The standard InChI is InChI=1S/C26H22N2O2/c29-25(20-11-3-1-4-12-20)18-24(27-28-26(30)21-13-5-2-6-14-21)23-17-9-15-19-10-7-8-16-22(19)23/h1-17,24,27H,18H2,(H,28,30). The molecule has 0 aliphatic heterocycles. The van der Waals surface area contributed by atoms with Gasteiger partial charge in [-0.05, 0) is 28.5 Å². The quantitative estimate of drug-likeness (QED) is 0.339. The molecule has 0 radical (unpaired) electrons. The van der Waals surface area contributed by atoms with Gasteiger partial charge >= 0.3 is 0 Å². The van der Waals surface area contributed by atoms with Crippen molar-refractivity contribution in [2.75, 3.05) is 0 Å². The maximum atomic E-state index is 12.9. The number of benzene rings is 4. The summed E-state index contributed by atoms with van der Waals surface area (Å²) in [6, 6.07) is 31.9. The fourth-order valence-corrected chi connectivity index (χ4v) is 3.53. The molecule has 0 bridgehead atoms. The molecule has 30 heavy (non-hydrogen) atoms. The smallest absolute Gasteiger partial charge is 0.265 e. The van der Waals surface area contributed by atoms with Gasteiger partial charge in [-0.1, -0.05) is 91.0 Å². The molecule has 148 valence electrons. The molecular formula is C26H22N2O2. The van der Waals surface area contributed by atoms with Gasteiger partial charge in [-0.3, -0.25) is 15.0 Å². The van der Waals surface area contributed by atoms with Crippen LogP contribution in [0.3, 0.4) is 0 Å². The van der Waals surface area contributed by atoms with Crippen molar-refractivity contribution in [2.45, 2.75) is 12.5 Å². The molecule has 1 atom stereocenters. The lowest BCUT2D eigenvalue weighted by molar-refractivity contribution is 0.0900. The first-order valence-electron chi connectivity index (χ1n) is 9.89. The second kappa shape index (κ2) is 9.16. The molecule has 0 aliphatic rings. The number of ketones is 1. The zero-order valence-corrected chi connectivity index (χ0v) is 16.4. The molecule has 1 amide bonds. The normalized spacial score (nSPS) is 11.7. The van der Waals surface area contributed by atoms with Crippen LogP contribution < -0.4 is 10.9 Å². The Morgan fingerprint density at radius 1 is 0.667 bits per heavy atom. The summed E-state index contributed by atoms with van der Waals surface area (Å²) in [5.74, 6) is -0.233. The highest BCUT2D eigenvalue weighted by molar-refractivity contribution is 5.97. The summed E-state index contributed by atoms with van der Waals surface area (Å²) in [5, 5.41) is 2.13. The highest BCUT2D eigenvalue weighted by atomic mass is 16.2. The molecule has 0 aromatic heterocycles. The number of carbonyl (C=O) groups excluding carboxylic acids is 2. The van der Waals surface area contributed by atoms with Crippen molar-refractivity contribution in [3.05, 3.63) is 120 Å². The number of Topliss-reactive ketones (excluding diaryl/α,β-unsaturated/α-hetero) is 1. The predicted molar refractivity (Wildman–Crippen MR) is 119 cm³/mol. The summed E-state index contributed by atoms with van der Waals surface area (Å²) in [6.45, 7) is 0. The van der Waals surface area contributed by atoms with Gasteiger partial charge in [0.15, 0.2) is 5.78 Å². The SMILES string of the molecule is O=C(CC(NNC(=O)c1ccccc1)c1cccc2ccccc12)c1ccccc1. The summed E-state index contributed by atoms with van der Waals surface area (Å²) in [5.41, 5.74) is 8.05. The van der Waals surface area contributed by atoms with Crippen molar-refractivity contribution in [1.82, 2.24) is 10.9 Å². The van der Waals surface area contributed by atoms with Crippen LogP contribution in [-0.4, -0.2) is 11.7 Å². The molecule has 4 rings (SSSR count). The topological polar surface area (TPSA) is 58.2 Å². The van der Waals surface area contributed by atoms with Crippen LogP contribution in [0.25, 0.3) is 10.8 Å². The fourth-order valence-electron chi connectivity index (χ4n) is 3.53. The average molecular weight is 394 g/mol. The average Bonchev–Trinajstić information content (AvgIpc) is 2.82. The van der Waals surface area contributed by atoms with Crippen LogP contribution in [0.2, 0.25) is 0 Å². The van der Waals surface area contributed by atoms with Crippen LogP contribution >= 0.6 is 0 Å². The summed E-state index contributed by atoms with van der Waals surface area (Å²) in [6.07, 6.45) is 0.215. The van der Waals surface area contributed by atoms with E-state index in [0.717, 1.165) is 16.3 Å². The highest BCUT2D eigenvalue weighted by Crippen LogP contribution is 2.27. The van der Waals surface area contributed by atoms with E-state index in [1.54, 1.807) is 12.1 Å². The Kier molecular flexibility index (Phi) is 5.97. The van der Waals surface area contributed by atoms with E-state index in [4.69, 9.17) is 0 Å². The van der Waals surface area contributed by atoms with Gasteiger partial charge in [-0.15, -0.1) is 0 Å². The lowest BCUT2D eigenvalue weighted by Gasteiger charge is -2.21. The van der Waals surface area contributed by atoms with Crippen molar-refractivity contribution in [3.8, 4) is 0 Å². The molecule has 0 saturated heterocycles. The second-order valence-corrected chi connectivity index (χ2v) is 7.08. The van der Waals surface area contributed by atoms with E-state index in [9.17, 15) is 9.59 Å². The van der Waals surface area contributed by atoms with E-state index in [-0.39, 0.29) is 24.2 Å². The number of carbonyl (C=O) groups is 2. The molecule has 0 heterocycles. The predicted octanol–water partition coefficient (Wildman–Crippen LogP) is 5.09. The molecule has 1 unspecified atom stereocenters. The zero-order valence-electron chi connectivity index (χ0n) is 16.4. The zero-order chi connectivity index (χ0) is 20.8. The third-order valence-corrected chi connectivity index (χ3v) is 5.08. The van der Waals surface area contributed by atoms with Crippen LogP contribution in [0, 0.1) is 0 Å². The Morgan fingerprint density at radius 3 is 2.00 bits per heavy atom. The van der Waals surface area contributed by atoms with Crippen molar-refractivity contribution in [2.24, 2.45) is 0 Å².